The van der Waals surface area contributed by atoms with Crippen molar-refractivity contribution in [1.29, 1.82) is 0 Å². The summed E-state index contributed by atoms with van der Waals surface area (Å²) >= 11 is 0. The van der Waals surface area contributed by atoms with Crippen LogP contribution in [0.4, 0.5) is 0 Å². The van der Waals surface area contributed by atoms with Gasteiger partial charge in [0.25, 0.3) is 0 Å². The fraction of sp³-hybridized carbons (Fsp3) is 0.200. The van der Waals surface area contributed by atoms with E-state index >= 15 is 0 Å². The maximum Gasteiger partial charge on any atom is 0.226 e. The van der Waals surface area contributed by atoms with Crippen molar-refractivity contribution in [2.75, 3.05) is 7.05 Å². The molecule has 3 rings (SSSR count). The maximum atomic E-state index is 12.1. The van der Waals surface area contributed by atoms with Crippen LogP contribution in [0.2, 0.25) is 0 Å². The van der Waals surface area contributed by atoms with E-state index in [0.29, 0.717) is 23.7 Å². The fourth-order valence-corrected chi connectivity index (χ4v) is 3.35. The van der Waals surface area contributed by atoms with Crippen LogP contribution < -0.4 is 10.0 Å². The normalized spacial score (nSPS) is 11.3. The van der Waals surface area contributed by atoms with Gasteiger partial charge in [0, 0.05) is 12.1 Å². The van der Waals surface area contributed by atoms with Gasteiger partial charge in [-0.05, 0) is 30.3 Å². The lowest BCUT2D eigenvalue weighted by molar-refractivity contribution is -0.120. The Kier molecular flexibility index (Phi) is 6.23. The van der Waals surface area contributed by atoms with Crippen LogP contribution in [-0.4, -0.2) is 26.4 Å². The minimum atomic E-state index is -3.30. The lowest BCUT2D eigenvalue weighted by atomic mass is 10.1. The summed E-state index contributed by atoms with van der Waals surface area (Å²) in [4.78, 5) is 16.5. The van der Waals surface area contributed by atoms with E-state index in [1.807, 2.05) is 30.3 Å². The number of amides is 1. The van der Waals surface area contributed by atoms with Gasteiger partial charge in [0.05, 0.1) is 17.9 Å². The number of hydrogen-bond acceptors (Lipinski definition) is 5. The smallest absolute Gasteiger partial charge is 0.226 e. The number of nitrogens with zero attached hydrogens (tertiary/aromatic N) is 1. The van der Waals surface area contributed by atoms with Crippen LogP contribution >= 0.6 is 0 Å². The predicted octanol–water partition coefficient (Wildman–Crippen LogP) is 2.25. The molecule has 28 heavy (non-hydrogen) atoms. The molecule has 2 aromatic carbocycles. The highest BCUT2D eigenvalue weighted by Gasteiger charge is 2.11. The van der Waals surface area contributed by atoms with E-state index in [-0.39, 0.29) is 18.1 Å². The summed E-state index contributed by atoms with van der Waals surface area (Å²) in [6.45, 7) is 0.348. The monoisotopic (exact) mass is 399 g/mol. The highest BCUT2D eigenvalue weighted by molar-refractivity contribution is 7.88. The molecule has 1 aromatic heterocycles. The van der Waals surface area contributed by atoms with E-state index in [1.54, 1.807) is 24.3 Å². The third-order valence-corrected chi connectivity index (χ3v) is 5.43. The first kappa shape index (κ1) is 19.8. The van der Waals surface area contributed by atoms with E-state index in [9.17, 15) is 13.2 Å². The van der Waals surface area contributed by atoms with Crippen LogP contribution in [0.1, 0.15) is 16.8 Å². The van der Waals surface area contributed by atoms with E-state index in [2.05, 4.69) is 15.0 Å². The van der Waals surface area contributed by atoms with Gasteiger partial charge in [-0.15, -0.1) is 0 Å². The molecule has 0 saturated heterocycles. The Morgan fingerprint density at radius 2 is 1.71 bits per heavy atom. The summed E-state index contributed by atoms with van der Waals surface area (Å²) in [5.41, 5.74) is 2.98. The van der Waals surface area contributed by atoms with Gasteiger partial charge < -0.3 is 9.73 Å². The zero-order chi connectivity index (χ0) is 20.0. The molecule has 1 heterocycles. The van der Waals surface area contributed by atoms with Crippen molar-refractivity contribution in [3.63, 3.8) is 0 Å². The number of nitrogens with one attached hydrogen (secondary N) is 2. The molecule has 3 aromatic rings. The number of rotatable bonds is 8. The van der Waals surface area contributed by atoms with Gasteiger partial charge in [-0.2, -0.15) is 0 Å². The van der Waals surface area contributed by atoms with Gasteiger partial charge in [0.1, 0.15) is 6.26 Å². The third kappa shape index (κ3) is 5.51. The summed E-state index contributed by atoms with van der Waals surface area (Å²) in [6.07, 6.45) is 1.60. The number of benzene rings is 2. The number of hydrogen-bond donors (Lipinski definition) is 2. The van der Waals surface area contributed by atoms with Crippen molar-refractivity contribution in [3.05, 3.63) is 77.7 Å². The van der Waals surface area contributed by atoms with Crippen LogP contribution in [0.15, 0.2) is 65.3 Å². The van der Waals surface area contributed by atoms with Crippen LogP contribution in [0.5, 0.6) is 0 Å². The molecule has 8 heteroatoms. The number of carbonyl (C=O) groups is 1. The second-order valence-electron chi connectivity index (χ2n) is 6.24. The average Bonchev–Trinajstić information content (AvgIpc) is 3.16. The van der Waals surface area contributed by atoms with Crippen molar-refractivity contribution < 1.29 is 17.6 Å². The van der Waals surface area contributed by atoms with Crippen LogP contribution in [-0.2, 0) is 33.5 Å². The van der Waals surface area contributed by atoms with Crippen molar-refractivity contribution in [1.82, 2.24) is 15.0 Å². The largest absolute Gasteiger partial charge is 0.444 e. The number of carbonyl (C=O) groups excluding carboxylic acids is 1. The summed E-state index contributed by atoms with van der Waals surface area (Å²) < 4.78 is 30.8. The van der Waals surface area contributed by atoms with Crippen LogP contribution in [0.25, 0.3) is 11.5 Å². The minimum Gasteiger partial charge on any atom is -0.444 e. The molecule has 0 bridgehead atoms. The highest BCUT2D eigenvalue weighted by Crippen LogP contribution is 2.18. The molecule has 146 valence electrons. The molecule has 0 aliphatic carbocycles. The Bertz CT molecular complexity index is 1030. The van der Waals surface area contributed by atoms with E-state index in [1.165, 1.54) is 13.3 Å². The van der Waals surface area contributed by atoms with E-state index < -0.39 is 10.0 Å². The molecule has 0 unspecified atom stereocenters. The lowest BCUT2D eigenvalue weighted by Crippen LogP contribution is -2.24. The van der Waals surface area contributed by atoms with Crippen LogP contribution in [0, 0.1) is 0 Å². The predicted molar refractivity (Wildman–Crippen MR) is 106 cm³/mol. The van der Waals surface area contributed by atoms with Crippen molar-refractivity contribution in [3.8, 4) is 11.5 Å². The van der Waals surface area contributed by atoms with E-state index in [0.717, 1.165) is 11.1 Å². The first-order chi connectivity index (χ1) is 13.4. The van der Waals surface area contributed by atoms with Gasteiger partial charge in [-0.3, -0.25) is 4.79 Å². The highest BCUT2D eigenvalue weighted by atomic mass is 32.2. The van der Waals surface area contributed by atoms with Gasteiger partial charge in [0.15, 0.2) is 0 Å². The summed E-state index contributed by atoms with van der Waals surface area (Å²) in [7, 11) is -1.91. The van der Waals surface area contributed by atoms with Gasteiger partial charge in [-0.25, -0.2) is 18.1 Å². The average molecular weight is 399 g/mol. The maximum absolute atomic E-state index is 12.1. The topological polar surface area (TPSA) is 101 Å². The second-order valence-corrected chi connectivity index (χ2v) is 8.17. The lowest BCUT2D eigenvalue weighted by Gasteiger charge is -2.06. The summed E-state index contributed by atoms with van der Waals surface area (Å²) in [5.74, 6) is 0.233. The number of aromatic nitrogens is 1. The molecule has 7 nitrogen and oxygen atoms in total. The standard InChI is InChI=1S/C20H21N3O4S/c1-21-28(25,26)14-16-9-7-15(8-10-16)12-22-19(24)11-18-13-27-20(23-18)17-5-3-2-4-6-17/h2-10,13,21H,11-12,14H2,1H3,(H,22,24). The molecule has 0 spiro atoms. The molecule has 0 radical (unpaired) electrons. The molecule has 0 aliphatic rings. The minimum absolute atomic E-state index is 0.0773. The fourth-order valence-electron chi connectivity index (χ4n) is 2.57. The molecule has 0 fully saturated rings. The molecular weight excluding hydrogens is 378 g/mol. The molecule has 1 amide bonds. The summed E-state index contributed by atoms with van der Waals surface area (Å²) in [6, 6.07) is 16.5. The van der Waals surface area contributed by atoms with E-state index in [4.69, 9.17) is 4.42 Å². The Hall–Kier alpha value is -2.97. The Labute approximate surface area is 163 Å². The second kappa shape index (κ2) is 8.81. The first-order valence-electron chi connectivity index (χ1n) is 8.71. The molecule has 0 saturated carbocycles. The van der Waals surface area contributed by atoms with Crippen molar-refractivity contribution in [2.24, 2.45) is 0 Å². The number of sulfonamides is 1. The molecule has 0 atom stereocenters. The zero-order valence-corrected chi connectivity index (χ0v) is 16.2. The molecule has 2 N–H and O–H groups in total. The zero-order valence-electron chi connectivity index (χ0n) is 15.4. The Balaban J connectivity index is 1.51. The quantitative estimate of drug-likeness (QED) is 0.605. The third-order valence-electron chi connectivity index (χ3n) is 4.09. The van der Waals surface area contributed by atoms with Gasteiger partial charge in [-0.1, -0.05) is 42.5 Å². The molecular formula is C20H21N3O4S. The van der Waals surface area contributed by atoms with Crippen LogP contribution in [0.3, 0.4) is 0 Å². The van der Waals surface area contributed by atoms with Gasteiger partial charge >= 0.3 is 0 Å². The van der Waals surface area contributed by atoms with Crippen molar-refractivity contribution in [2.45, 2.75) is 18.7 Å². The van der Waals surface area contributed by atoms with Gasteiger partial charge in [0.2, 0.25) is 21.8 Å². The number of oxazole rings is 1. The SMILES string of the molecule is CNS(=O)(=O)Cc1ccc(CNC(=O)Cc2coc(-c3ccccc3)n2)cc1. The first-order valence-corrected chi connectivity index (χ1v) is 10.4. The summed E-state index contributed by atoms with van der Waals surface area (Å²) in [5, 5.41) is 2.82. The Morgan fingerprint density at radius 3 is 2.39 bits per heavy atom. The Morgan fingerprint density at radius 1 is 1.04 bits per heavy atom. The van der Waals surface area contributed by atoms with Crippen molar-refractivity contribution >= 4 is 15.9 Å². The molecule has 0 aliphatic heterocycles.